The van der Waals surface area contributed by atoms with Crippen LogP contribution in [-0.2, 0) is 16.8 Å². The zero-order valence-electron chi connectivity index (χ0n) is 14.6. The maximum Gasteiger partial charge on any atom is 0.237 e. The summed E-state index contributed by atoms with van der Waals surface area (Å²) in [5, 5.41) is 0. The van der Waals surface area contributed by atoms with Crippen molar-refractivity contribution in [1.29, 1.82) is 0 Å². The number of aliphatic imine (C=N–C) groups is 1. The average Bonchev–Trinajstić information content (AvgIpc) is 2.50. The molecule has 1 amide bonds. The van der Waals surface area contributed by atoms with Gasteiger partial charge in [-0.1, -0.05) is 25.5 Å². The zero-order valence-corrected chi connectivity index (χ0v) is 14.6. The molecule has 0 saturated carbocycles. The molecule has 1 aromatic carbocycles. The molecule has 2 rings (SSSR count). The Morgan fingerprint density at radius 2 is 1.96 bits per heavy atom. The highest BCUT2D eigenvalue weighted by atomic mass is 19.1. The molecule has 1 aliphatic heterocycles. The number of carbonyl (C=O) groups excluding carboxylic acids is 1. The minimum absolute atomic E-state index is 0.121. The van der Waals surface area contributed by atoms with Gasteiger partial charge in [0.2, 0.25) is 5.91 Å². The van der Waals surface area contributed by atoms with Gasteiger partial charge < -0.3 is 5.73 Å². The van der Waals surface area contributed by atoms with Crippen molar-refractivity contribution >= 4 is 11.9 Å². The van der Waals surface area contributed by atoms with Crippen molar-refractivity contribution < 1.29 is 9.18 Å². The standard InChI is InChI=1S/C18H26FN3O/c1-6-7-8-12-9-10-14(19)13(11-12)18(4)17(2,3)15(23)22(5)16(20)21-18/h9-11H,6-8H2,1-5H3,(H2,20,21)/t18-/m1/s1. The Morgan fingerprint density at radius 3 is 2.57 bits per heavy atom. The second kappa shape index (κ2) is 5.95. The van der Waals surface area contributed by atoms with Crippen LogP contribution in [0, 0.1) is 11.2 Å². The lowest BCUT2D eigenvalue weighted by molar-refractivity contribution is -0.140. The van der Waals surface area contributed by atoms with Crippen molar-refractivity contribution in [2.75, 3.05) is 7.05 Å². The number of guanidine groups is 1. The number of amides is 1. The lowest BCUT2D eigenvalue weighted by atomic mass is 9.67. The number of rotatable bonds is 4. The maximum atomic E-state index is 14.6. The fraction of sp³-hybridized carbons (Fsp3) is 0.556. The molecule has 1 atom stereocenters. The molecule has 2 N–H and O–H groups in total. The van der Waals surface area contributed by atoms with E-state index < -0.39 is 11.0 Å². The number of halogens is 1. The van der Waals surface area contributed by atoms with Gasteiger partial charge in [-0.15, -0.1) is 0 Å². The first kappa shape index (κ1) is 17.4. The molecule has 0 aromatic heterocycles. The second-order valence-electron chi connectivity index (χ2n) is 6.95. The molecular weight excluding hydrogens is 293 g/mol. The number of carbonyl (C=O) groups is 1. The van der Waals surface area contributed by atoms with Crippen LogP contribution in [0.2, 0.25) is 0 Å². The van der Waals surface area contributed by atoms with Crippen LogP contribution in [-0.4, -0.2) is 23.8 Å². The molecule has 23 heavy (non-hydrogen) atoms. The average molecular weight is 319 g/mol. The third-order valence-electron chi connectivity index (χ3n) is 5.11. The van der Waals surface area contributed by atoms with Crippen molar-refractivity contribution in [1.82, 2.24) is 4.90 Å². The van der Waals surface area contributed by atoms with Crippen molar-refractivity contribution in [3.63, 3.8) is 0 Å². The first-order valence-electron chi connectivity index (χ1n) is 8.07. The van der Waals surface area contributed by atoms with Gasteiger partial charge in [-0.2, -0.15) is 0 Å². The van der Waals surface area contributed by atoms with E-state index in [0.717, 1.165) is 24.8 Å². The molecule has 1 aliphatic rings. The predicted octanol–water partition coefficient (Wildman–Crippen LogP) is 3.20. The van der Waals surface area contributed by atoms with Gasteiger partial charge in [-0.25, -0.2) is 9.38 Å². The van der Waals surface area contributed by atoms with E-state index in [9.17, 15) is 9.18 Å². The summed E-state index contributed by atoms with van der Waals surface area (Å²) >= 11 is 0. The zero-order chi connectivity index (χ0) is 17.4. The van der Waals surface area contributed by atoms with Crippen LogP contribution in [0.3, 0.4) is 0 Å². The number of hydrogen-bond donors (Lipinski definition) is 1. The van der Waals surface area contributed by atoms with Crippen LogP contribution in [0.1, 0.15) is 51.7 Å². The molecule has 0 aliphatic carbocycles. The van der Waals surface area contributed by atoms with E-state index in [0.29, 0.717) is 5.56 Å². The van der Waals surface area contributed by atoms with E-state index in [2.05, 4.69) is 11.9 Å². The van der Waals surface area contributed by atoms with E-state index >= 15 is 0 Å². The normalized spacial score (nSPS) is 23.8. The van der Waals surface area contributed by atoms with E-state index in [1.807, 2.05) is 6.07 Å². The van der Waals surface area contributed by atoms with E-state index in [4.69, 9.17) is 5.73 Å². The molecule has 4 nitrogen and oxygen atoms in total. The third kappa shape index (κ3) is 2.73. The summed E-state index contributed by atoms with van der Waals surface area (Å²) < 4.78 is 14.6. The summed E-state index contributed by atoms with van der Waals surface area (Å²) in [7, 11) is 1.59. The Kier molecular flexibility index (Phi) is 4.51. The van der Waals surface area contributed by atoms with Crippen molar-refractivity contribution in [2.24, 2.45) is 16.1 Å². The summed E-state index contributed by atoms with van der Waals surface area (Å²) in [6.45, 7) is 7.49. The number of nitrogens with two attached hydrogens (primary N) is 1. The highest BCUT2D eigenvalue weighted by molar-refractivity contribution is 6.01. The molecule has 0 fully saturated rings. The SMILES string of the molecule is CCCCc1ccc(F)c([C@@]2(C)N=C(N)N(C)C(=O)C2(C)C)c1. The molecule has 0 radical (unpaired) electrons. The first-order valence-corrected chi connectivity index (χ1v) is 8.07. The van der Waals surface area contributed by atoms with Crippen LogP contribution in [0.4, 0.5) is 4.39 Å². The predicted molar refractivity (Wildman–Crippen MR) is 90.5 cm³/mol. The number of benzene rings is 1. The number of aryl methyl sites for hydroxylation is 1. The van der Waals surface area contributed by atoms with E-state index in [-0.39, 0.29) is 17.7 Å². The van der Waals surface area contributed by atoms with Gasteiger partial charge in [0, 0.05) is 12.6 Å². The second-order valence-corrected chi connectivity index (χ2v) is 6.95. The Bertz CT molecular complexity index is 654. The van der Waals surface area contributed by atoms with Crippen LogP contribution < -0.4 is 5.73 Å². The fourth-order valence-electron chi connectivity index (χ4n) is 3.05. The van der Waals surface area contributed by atoms with Crippen molar-refractivity contribution in [3.05, 3.63) is 35.1 Å². The Morgan fingerprint density at radius 1 is 1.30 bits per heavy atom. The highest BCUT2D eigenvalue weighted by Gasteiger charge is 2.53. The Labute approximate surface area is 137 Å². The van der Waals surface area contributed by atoms with Gasteiger partial charge in [0.15, 0.2) is 5.96 Å². The summed E-state index contributed by atoms with van der Waals surface area (Å²) in [6, 6.07) is 5.10. The molecule has 1 aromatic rings. The minimum atomic E-state index is -1.03. The minimum Gasteiger partial charge on any atom is -0.369 e. The highest BCUT2D eigenvalue weighted by Crippen LogP contribution is 2.47. The van der Waals surface area contributed by atoms with Gasteiger partial charge in [-0.05, 0) is 45.2 Å². The van der Waals surface area contributed by atoms with E-state index in [1.54, 1.807) is 33.9 Å². The molecular formula is C18H26FN3O. The van der Waals surface area contributed by atoms with Crippen LogP contribution in [0.25, 0.3) is 0 Å². The van der Waals surface area contributed by atoms with Gasteiger partial charge >= 0.3 is 0 Å². The van der Waals surface area contributed by atoms with Crippen LogP contribution in [0.5, 0.6) is 0 Å². The monoisotopic (exact) mass is 319 g/mol. The molecule has 126 valence electrons. The fourth-order valence-corrected chi connectivity index (χ4v) is 3.05. The largest absolute Gasteiger partial charge is 0.369 e. The van der Waals surface area contributed by atoms with Gasteiger partial charge in [-0.3, -0.25) is 9.69 Å². The van der Waals surface area contributed by atoms with Crippen molar-refractivity contribution in [2.45, 2.75) is 52.5 Å². The summed E-state index contributed by atoms with van der Waals surface area (Å²) in [4.78, 5) is 18.5. The topological polar surface area (TPSA) is 58.7 Å². The summed E-state index contributed by atoms with van der Waals surface area (Å²) in [5.74, 6) is -0.393. The number of unbranched alkanes of at least 4 members (excludes halogenated alkanes) is 1. The smallest absolute Gasteiger partial charge is 0.237 e. The van der Waals surface area contributed by atoms with Crippen LogP contribution >= 0.6 is 0 Å². The van der Waals surface area contributed by atoms with Crippen LogP contribution in [0.15, 0.2) is 23.2 Å². The lowest BCUT2D eigenvalue weighted by Gasteiger charge is -2.46. The molecule has 0 spiro atoms. The Hall–Kier alpha value is -1.91. The maximum absolute atomic E-state index is 14.6. The molecule has 5 heteroatoms. The van der Waals surface area contributed by atoms with Gasteiger partial charge in [0.25, 0.3) is 0 Å². The summed E-state index contributed by atoms with van der Waals surface area (Å²) in [6.07, 6.45) is 3.00. The van der Waals surface area contributed by atoms with Gasteiger partial charge in [0.05, 0.1) is 5.41 Å². The molecule has 1 heterocycles. The summed E-state index contributed by atoms with van der Waals surface area (Å²) in [5.41, 5.74) is 5.46. The quantitative estimate of drug-likeness (QED) is 0.926. The molecule has 0 unspecified atom stereocenters. The van der Waals surface area contributed by atoms with Gasteiger partial charge in [0.1, 0.15) is 11.4 Å². The first-order chi connectivity index (χ1) is 10.6. The Balaban J connectivity index is 2.60. The molecule has 0 saturated heterocycles. The lowest BCUT2D eigenvalue weighted by Crippen LogP contribution is -2.58. The third-order valence-corrected chi connectivity index (χ3v) is 5.11. The number of nitrogens with zero attached hydrogens (tertiary/aromatic N) is 2. The van der Waals surface area contributed by atoms with Crippen molar-refractivity contribution in [3.8, 4) is 0 Å². The molecule has 0 bridgehead atoms. The number of hydrogen-bond acceptors (Lipinski definition) is 3. The van der Waals surface area contributed by atoms with E-state index in [1.165, 1.54) is 11.0 Å².